The lowest BCUT2D eigenvalue weighted by atomic mass is 9.82. The van der Waals surface area contributed by atoms with E-state index in [2.05, 4.69) is 86.4 Å². The quantitative estimate of drug-likeness (QED) is 0.474. The molecule has 4 rings (SSSR count). The van der Waals surface area contributed by atoms with Gasteiger partial charge in [-0.2, -0.15) is 0 Å². The van der Waals surface area contributed by atoms with Gasteiger partial charge in [0.15, 0.2) is 0 Å². The van der Waals surface area contributed by atoms with Gasteiger partial charge in [0, 0.05) is 25.1 Å². The molecule has 1 aliphatic carbocycles. The summed E-state index contributed by atoms with van der Waals surface area (Å²) in [6, 6.07) is 20.3. The second-order valence-electron chi connectivity index (χ2n) is 10.1. The van der Waals surface area contributed by atoms with E-state index in [1.165, 1.54) is 40.8 Å². The van der Waals surface area contributed by atoms with Gasteiger partial charge in [0.2, 0.25) is 0 Å². The van der Waals surface area contributed by atoms with E-state index in [9.17, 15) is 10.2 Å². The first kappa shape index (κ1) is 24.7. The van der Waals surface area contributed by atoms with E-state index >= 15 is 0 Å². The highest BCUT2D eigenvalue weighted by Gasteiger charge is 2.26. The molecule has 0 bridgehead atoms. The van der Waals surface area contributed by atoms with Crippen LogP contribution in [0.1, 0.15) is 62.6 Å². The average molecular weight is 458 g/mol. The molecule has 2 aromatic rings. The minimum absolute atomic E-state index is 0.0599. The summed E-state index contributed by atoms with van der Waals surface area (Å²) >= 11 is 0. The summed E-state index contributed by atoms with van der Waals surface area (Å²) in [5.74, 6) is 0.653. The molecule has 3 unspecified atom stereocenters. The lowest BCUT2D eigenvalue weighted by molar-refractivity contribution is 0.183. The molecule has 3 heteroatoms. The lowest BCUT2D eigenvalue weighted by Crippen LogP contribution is -2.27. The minimum Gasteiger partial charge on any atom is -0.396 e. The zero-order valence-corrected chi connectivity index (χ0v) is 20.8. The number of rotatable bonds is 8. The van der Waals surface area contributed by atoms with Crippen LogP contribution in [0, 0.1) is 5.92 Å². The molecule has 1 saturated heterocycles. The molecule has 2 aliphatic rings. The number of aliphatic hydroxyl groups excluding tert-OH is 2. The van der Waals surface area contributed by atoms with Crippen molar-refractivity contribution in [3.63, 3.8) is 0 Å². The molecule has 0 spiro atoms. The summed E-state index contributed by atoms with van der Waals surface area (Å²) in [5.41, 5.74) is 7.39. The normalized spacial score (nSPS) is 23.8. The van der Waals surface area contributed by atoms with E-state index in [0.29, 0.717) is 18.4 Å². The highest BCUT2D eigenvalue weighted by molar-refractivity contribution is 5.99. The Kier molecular flexibility index (Phi) is 8.20. The molecule has 2 N–H and O–H groups in total. The predicted molar refractivity (Wildman–Crippen MR) is 142 cm³/mol. The zero-order valence-electron chi connectivity index (χ0n) is 20.8. The van der Waals surface area contributed by atoms with Gasteiger partial charge in [0.25, 0.3) is 0 Å². The standard InChI is InChI=1S/C31H39NO2/c1-22(2)32-18-17-28(21-32)24-11-13-26(14-12-24)31(27-15-16-30(34)23(3)20-27)29(10-7-19-33)25-8-5-4-6-9-25/h4-6,8-9,11-16,20,22-23,28,30,33-34H,7,10,17-19,21H2,1-3H3/b31-29+. The molecule has 0 amide bonds. The fourth-order valence-corrected chi connectivity index (χ4v) is 5.26. The first-order chi connectivity index (χ1) is 16.5. The van der Waals surface area contributed by atoms with Crippen LogP contribution in [-0.4, -0.2) is 47.0 Å². The van der Waals surface area contributed by atoms with Gasteiger partial charge in [0.05, 0.1) is 6.10 Å². The average Bonchev–Trinajstić information content (AvgIpc) is 3.35. The number of allylic oxidation sites excluding steroid dienone is 4. The Morgan fingerprint density at radius 2 is 1.76 bits per heavy atom. The van der Waals surface area contributed by atoms with Gasteiger partial charge in [-0.15, -0.1) is 0 Å². The molecule has 180 valence electrons. The van der Waals surface area contributed by atoms with E-state index in [-0.39, 0.29) is 12.5 Å². The van der Waals surface area contributed by atoms with Crippen molar-refractivity contribution in [2.75, 3.05) is 19.7 Å². The molecule has 3 nitrogen and oxygen atoms in total. The summed E-state index contributed by atoms with van der Waals surface area (Å²) in [4.78, 5) is 2.57. The third kappa shape index (κ3) is 5.60. The molecule has 1 heterocycles. The maximum Gasteiger partial charge on any atom is 0.0784 e. The van der Waals surface area contributed by atoms with Crippen molar-refractivity contribution in [1.82, 2.24) is 4.90 Å². The monoisotopic (exact) mass is 457 g/mol. The largest absolute Gasteiger partial charge is 0.396 e. The van der Waals surface area contributed by atoms with Gasteiger partial charge in [-0.25, -0.2) is 0 Å². The summed E-state index contributed by atoms with van der Waals surface area (Å²) in [6.45, 7) is 9.10. The Morgan fingerprint density at radius 1 is 1.03 bits per heavy atom. The van der Waals surface area contributed by atoms with Crippen molar-refractivity contribution in [3.05, 3.63) is 95.1 Å². The van der Waals surface area contributed by atoms with Gasteiger partial charge >= 0.3 is 0 Å². The van der Waals surface area contributed by atoms with Crippen LogP contribution in [-0.2, 0) is 0 Å². The summed E-state index contributed by atoms with van der Waals surface area (Å²) in [5, 5.41) is 19.9. The van der Waals surface area contributed by atoms with Crippen LogP contribution in [0.3, 0.4) is 0 Å². The fourth-order valence-electron chi connectivity index (χ4n) is 5.26. The predicted octanol–water partition coefficient (Wildman–Crippen LogP) is 6.06. The zero-order chi connectivity index (χ0) is 24.1. The molecule has 0 saturated carbocycles. The minimum atomic E-state index is -0.448. The van der Waals surface area contributed by atoms with Crippen molar-refractivity contribution in [1.29, 1.82) is 0 Å². The number of aliphatic hydroxyl groups is 2. The summed E-state index contributed by atoms with van der Waals surface area (Å²) in [7, 11) is 0. The van der Waals surface area contributed by atoms with E-state index in [0.717, 1.165) is 18.5 Å². The van der Waals surface area contributed by atoms with Crippen LogP contribution in [0.25, 0.3) is 11.1 Å². The van der Waals surface area contributed by atoms with E-state index in [1.807, 2.05) is 12.1 Å². The maximum absolute atomic E-state index is 10.3. The highest BCUT2D eigenvalue weighted by atomic mass is 16.3. The maximum atomic E-state index is 10.3. The third-order valence-corrected chi connectivity index (χ3v) is 7.37. The molecular weight excluding hydrogens is 418 g/mol. The van der Waals surface area contributed by atoms with Crippen LogP contribution in [0.2, 0.25) is 0 Å². The number of likely N-dealkylation sites (tertiary alicyclic amines) is 1. The van der Waals surface area contributed by atoms with Crippen LogP contribution in [0.15, 0.2) is 78.4 Å². The van der Waals surface area contributed by atoms with Crippen LogP contribution in [0.5, 0.6) is 0 Å². The SMILES string of the molecule is CC1C=C(/C(=C(\CCCO)c2ccccc2)c2ccc(C3CCN(C(C)C)C3)cc2)C=CC1O. The molecule has 3 atom stereocenters. The Bertz CT molecular complexity index is 1030. The topological polar surface area (TPSA) is 43.7 Å². The molecule has 34 heavy (non-hydrogen) atoms. The van der Waals surface area contributed by atoms with E-state index < -0.39 is 6.10 Å². The fraction of sp³-hybridized carbons (Fsp3) is 0.419. The molecular formula is C31H39NO2. The van der Waals surface area contributed by atoms with Crippen molar-refractivity contribution in [3.8, 4) is 0 Å². The summed E-state index contributed by atoms with van der Waals surface area (Å²) < 4.78 is 0. The molecule has 1 fully saturated rings. The van der Waals surface area contributed by atoms with Crippen molar-refractivity contribution >= 4 is 11.1 Å². The number of benzene rings is 2. The van der Waals surface area contributed by atoms with Crippen molar-refractivity contribution in [2.45, 2.75) is 58.1 Å². The van der Waals surface area contributed by atoms with Gasteiger partial charge in [-0.3, -0.25) is 0 Å². The third-order valence-electron chi connectivity index (χ3n) is 7.37. The van der Waals surface area contributed by atoms with Crippen LogP contribution >= 0.6 is 0 Å². The number of hydrogen-bond donors (Lipinski definition) is 2. The van der Waals surface area contributed by atoms with Crippen molar-refractivity contribution < 1.29 is 10.2 Å². The molecule has 1 aliphatic heterocycles. The first-order valence-electron chi connectivity index (χ1n) is 12.8. The molecule has 0 aromatic heterocycles. The molecule has 2 aromatic carbocycles. The second kappa shape index (κ2) is 11.3. The highest BCUT2D eigenvalue weighted by Crippen LogP contribution is 2.39. The Labute approximate surface area is 205 Å². The lowest BCUT2D eigenvalue weighted by Gasteiger charge is -2.24. The van der Waals surface area contributed by atoms with E-state index in [1.54, 1.807) is 0 Å². The number of nitrogens with zero attached hydrogens (tertiary/aromatic N) is 1. The molecule has 0 radical (unpaired) electrons. The first-order valence-corrected chi connectivity index (χ1v) is 12.8. The summed E-state index contributed by atoms with van der Waals surface area (Å²) in [6.07, 6.45) is 8.44. The van der Waals surface area contributed by atoms with E-state index in [4.69, 9.17) is 0 Å². The number of hydrogen-bond acceptors (Lipinski definition) is 3. The Balaban J connectivity index is 1.76. The van der Waals surface area contributed by atoms with Gasteiger partial charge in [0.1, 0.15) is 0 Å². The Hall–Kier alpha value is -2.46. The smallest absolute Gasteiger partial charge is 0.0784 e. The van der Waals surface area contributed by atoms with Crippen LogP contribution in [0.4, 0.5) is 0 Å². The van der Waals surface area contributed by atoms with Crippen molar-refractivity contribution in [2.24, 2.45) is 5.92 Å². The van der Waals surface area contributed by atoms with Crippen LogP contribution < -0.4 is 0 Å². The Morgan fingerprint density at radius 3 is 2.38 bits per heavy atom. The van der Waals surface area contributed by atoms with Gasteiger partial charge in [-0.05, 0) is 79.0 Å². The van der Waals surface area contributed by atoms with Gasteiger partial charge < -0.3 is 15.1 Å². The second-order valence-corrected chi connectivity index (χ2v) is 10.1. The van der Waals surface area contributed by atoms with Gasteiger partial charge in [-0.1, -0.05) is 79.7 Å².